The van der Waals surface area contributed by atoms with Gasteiger partial charge in [0.15, 0.2) is 5.96 Å². The van der Waals surface area contributed by atoms with Crippen LogP contribution in [0, 0.1) is 6.92 Å². The number of hydrogen-bond donors (Lipinski definition) is 1. The number of aryl methyl sites for hydroxylation is 1. The van der Waals surface area contributed by atoms with Crippen LogP contribution in [0.15, 0.2) is 29.3 Å². The van der Waals surface area contributed by atoms with Gasteiger partial charge in [-0.2, -0.15) is 0 Å². The molecule has 0 radical (unpaired) electrons. The normalized spacial score (nSPS) is 15.6. The van der Waals surface area contributed by atoms with E-state index in [4.69, 9.17) is 14.5 Å². The highest BCUT2D eigenvalue weighted by Crippen LogP contribution is 2.16. The quantitative estimate of drug-likeness (QED) is 0.348. The minimum Gasteiger partial charge on any atom is -0.385 e. The van der Waals surface area contributed by atoms with Gasteiger partial charge in [0.05, 0.1) is 12.6 Å². The molecule has 0 atom stereocenters. The number of guanidine groups is 1. The molecule has 6 nitrogen and oxygen atoms in total. The molecule has 1 fully saturated rings. The Labute approximate surface area is 177 Å². The molecule has 1 heterocycles. The Morgan fingerprint density at radius 1 is 1.24 bits per heavy atom. The first-order valence-electron chi connectivity index (χ1n) is 11.1. The predicted molar refractivity (Wildman–Crippen MR) is 122 cm³/mol. The zero-order valence-corrected chi connectivity index (χ0v) is 18.8. The molecule has 0 saturated carbocycles. The molecule has 0 aromatic heterocycles. The fraction of sp³-hybridized carbons (Fsp3) is 0.696. The number of nitrogens with zero attached hydrogens (tertiary/aromatic N) is 3. The summed E-state index contributed by atoms with van der Waals surface area (Å²) in [6.07, 6.45) is 3.45. The highest BCUT2D eigenvalue weighted by atomic mass is 16.5. The summed E-state index contributed by atoms with van der Waals surface area (Å²) in [5.74, 6) is 1.03. The SMILES string of the molecule is CCNC(=NCCN(CC)c1cccc(C)c1)N1CCC(OCCCOC)CC1. The third-order valence-electron chi connectivity index (χ3n) is 5.30. The van der Waals surface area contributed by atoms with E-state index in [1.165, 1.54) is 11.3 Å². The standard InChI is InChI=1S/C23H40N4O2/c1-5-24-23(27-14-11-22(12-15-27)29-18-8-17-28-4)25-13-16-26(6-2)21-10-7-9-20(3)19-21/h7,9-10,19,22H,5-6,8,11-18H2,1-4H3,(H,24,25). The van der Waals surface area contributed by atoms with Crippen LogP contribution in [0.4, 0.5) is 5.69 Å². The summed E-state index contributed by atoms with van der Waals surface area (Å²) in [7, 11) is 1.74. The Kier molecular flexibility index (Phi) is 10.9. The lowest BCUT2D eigenvalue weighted by Gasteiger charge is -2.34. The monoisotopic (exact) mass is 404 g/mol. The number of piperidine rings is 1. The van der Waals surface area contributed by atoms with Crippen LogP contribution in [0.5, 0.6) is 0 Å². The van der Waals surface area contributed by atoms with Gasteiger partial charge in [-0.15, -0.1) is 0 Å². The van der Waals surface area contributed by atoms with E-state index in [0.29, 0.717) is 6.10 Å². The van der Waals surface area contributed by atoms with Crippen molar-refractivity contribution in [2.45, 2.75) is 46.1 Å². The van der Waals surface area contributed by atoms with Crippen LogP contribution in [0.3, 0.4) is 0 Å². The van der Waals surface area contributed by atoms with E-state index in [9.17, 15) is 0 Å². The lowest BCUT2D eigenvalue weighted by atomic mass is 10.1. The van der Waals surface area contributed by atoms with E-state index in [1.54, 1.807) is 7.11 Å². The molecule has 1 saturated heterocycles. The van der Waals surface area contributed by atoms with Gasteiger partial charge in [0.1, 0.15) is 0 Å². The van der Waals surface area contributed by atoms with E-state index in [1.807, 2.05) is 0 Å². The van der Waals surface area contributed by atoms with E-state index < -0.39 is 0 Å². The van der Waals surface area contributed by atoms with Crippen LogP contribution in [-0.2, 0) is 9.47 Å². The molecule has 0 aliphatic carbocycles. The molecule has 29 heavy (non-hydrogen) atoms. The number of nitrogens with one attached hydrogen (secondary N) is 1. The summed E-state index contributed by atoms with van der Waals surface area (Å²) in [4.78, 5) is 9.68. The largest absolute Gasteiger partial charge is 0.385 e. The van der Waals surface area contributed by atoms with Gasteiger partial charge in [0, 0.05) is 58.7 Å². The first kappa shape index (κ1) is 23.5. The molecular weight excluding hydrogens is 364 g/mol. The van der Waals surface area contributed by atoms with Crippen LogP contribution < -0.4 is 10.2 Å². The van der Waals surface area contributed by atoms with E-state index >= 15 is 0 Å². The molecular formula is C23H40N4O2. The number of hydrogen-bond acceptors (Lipinski definition) is 4. The Bertz CT molecular complexity index is 600. The third kappa shape index (κ3) is 8.23. The molecule has 0 spiro atoms. The molecule has 0 amide bonds. The lowest BCUT2D eigenvalue weighted by molar-refractivity contribution is 0.00991. The molecule has 1 aliphatic rings. The Morgan fingerprint density at radius 2 is 2.03 bits per heavy atom. The lowest BCUT2D eigenvalue weighted by Crippen LogP contribution is -2.47. The van der Waals surface area contributed by atoms with E-state index in [0.717, 1.165) is 77.7 Å². The maximum atomic E-state index is 5.99. The van der Waals surface area contributed by atoms with Gasteiger partial charge in [0.25, 0.3) is 0 Å². The van der Waals surface area contributed by atoms with Gasteiger partial charge >= 0.3 is 0 Å². The van der Waals surface area contributed by atoms with Crippen molar-refractivity contribution in [2.75, 3.05) is 64.5 Å². The summed E-state index contributed by atoms with van der Waals surface area (Å²) < 4.78 is 11.1. The predicted octanol–water partition coefficient (Wildman–Crippen LogP) is 3.30. The fourth-order valence-electron chi connectivity index (χ4n) is 3.68. The highest BCUT2D eigenvalue weighted by molar-refractivity contribution is 5.80. The van der Waals surface area contributed by atoms with Crippen molar-refractivity contribution in [3.8, 4) is 0 Å². The number of ether oxygens (including phenoxy) is 2. The van der Waals surface area contributed by atoms with Crippen molar-refractivity contribution in [1.82, 2.24) is 10.2 Å². The molecule has 164 valence electrons. The molecule has 1 N–H and O–H groups in total. The van der Waals surface area contributed by atoms with E-state index in [2.05, 4.69) is 60.2 Å². The average molecular weight is 405 g/mol. The summed E-state index contributed by atoms with van der Waals surface area (Å²) in [5, 5.41) is 3.47. The first-order valence-corrected chi connectivity index (χ1v) is 11.1. The highest BCUT2D eigenvalue weighted by Gasteiger charge is 2.21. The number of anilines is 1. The second kappa shape index (κ2) is 13.4. The number of likely N-dealkylation sites (tertiary alicyclic amines) is 1. The third-order valence-corrected chi connectivity index (χ3v) is 5.30. The van der Waals surface area contributed by atoms with Crippen molar-refractivity contribution in [3.05, 3.63) is 29.8 Å². The molecule has 0 bridgehead atoms. The van der Waals surface area contributed by atoms with Gasteiger partial charge in [0.2, 0.25) is 0 Å². The van der Waals surface area contributed by atoms with Crippen molar-refractivity contribution >= 4 is 11.6 Å². The van der Waals surface area contributed by atoms with Crippen molar-refractivity contribution < 1.29 is 9.47 Å². The van der Waals surface area contributed by atoms with Crippen molar-refractivity contribution in [1.29, 1.82) is 0 Å². The second-order valence-electron chi connectivity index (χ2n) is 7.56. The summed E-state index contributed by atoms with van der Waals surface area (Å²) >= 11 is 0. The van der Waals surface area contributed by atoms with Gasteiger partial charge in [-0.05, 0) is 57.7 Å². The minimum absolute atomic E-state index is 0.364. The van der Waals surface area contributed by atoms with E-state index in [-0.39, 0.29) is 0 Å². The van der Waals surface area contributed by atoms with Gasteiger partial charge in [-0.1, -0.05) is 12.1 Å². The smallest absolute Gasteiger partial charge is 0.193 e. The zero-order valence-electron chi connectivity index (χ0n) is 18.8. The Morgan fingerprint density at radius 3 is 2.69 bits per heavy atom. The van der Waals surface area contributed by atoms with Crippen LogP contribution in [0.2, 0.25) is 0 Å². The molecule has 1 aliphatic heterocycles. The molecule has 1 aromatic carbocycles. The van der Waals surface area contributed by atoms with Crippen molar-refractivity contribution in [3.63, 3.8) is 0 Å². The molecule has 0 unspecified atom stereocenters. The fourth-order valence-corrected chi connectivity index (χ4v) is 3.68. The number of aliphatic imine (C=N–C) groups is 1. The first-order chi connectivity index (χ1) is 14.2. The maximum Gasteiger partial charge on any atom is 0.193 e. The molecule has 1 aromatic rings. The van der Waals surface area contributed by atoms with Gasteiger partial charge in [-0.3, -0.25) is 4.99 Å². The number of benzene rings is 1. The van der Waals surface area contributed by atoms with Crippen molar-refractivity contribution in [2.24, 2.45) is 4.99 Å². The summed E-state index contributed by atoms with van der Waals surface area (Å²) in [6.45, 7) is 13.6. The number of likely N-dealkylation sites (N-methyl/N-ethyl adjacent to an activating group) is 1. The van der Waals surface area contributed by atoms with Crippen LogP contribution >= 0.6 is 0 Å². The Balaban J connectivity index is 1.83. The van der Waals surface area contributed by atoms with Crippen LogP contribution in [0.1, 0.15) is 38.7 Å². The average Bonchev–Trinajstić information content (AvgIpc) is 2.74. The number of rotatable bonds is 11. The zero-order chi connectivity index (χ0) is 20.9. The van der Waals surface area contributed by atoms with Gasteiger partial charge in [-0.25, -0.2) is 0 Å². The Hall–Kier alpha value is -1.79. The summed E-state index contributed by atoms with van der Waals surface area (Å²) in [6, 6.07) is 8.70. The minimum atomic E-state index is 0.364. The molecule has 2 rings (SSSR count). The topological polar surface area (TPSA) is 49.3 Å². The molecule has 6 heteroatoms. The maximum absolute atomic E-state index is 5.99. The van der Waals surface area contributed by atoms with Crippen LogP contribution in [-0.4, -0.2) is 76.6 Å². The van der Waals surface area contributed by atoms with Crippen LogP contribution in [0.25, 0.3) is 0 Å². The number of methoxy groups -OCH3 is 1. The van der Waals surface area contributed by atoms with Gasteiger partial charge < -0.3 is 24.6 Å². The summed E-state index contributed by atoms with van der Waals surface area (Å²) in [5.41, 5.74) is 2.57. The second-order valence-corrected chi connectivity index (χ2v) is 7.56.